The lowest BCUT2D eigenvalue weighted by atomic mass is 10.1. The van der Waals surface area contributed by atoms with Crippen LogP contribution in [-0.4, -0.2) is 18.3 Å². The summed E-state index contributed by atoms with van der Waals surface area (Å²) in [5.74, 6) is 1.26. The van der Waals surface area contributed by atoms with E-state index in [4.69, 9.17) is 11.6 Å². The van der Waals surface area contributed by atoms with Crippen molar-refractivity contribution >= 4 is 17.5 Å². The molecule has 0 aromatic carbocycles. The molecule has 2 nitrogen and oxygen atoms in total. The van der Waals surface area contributed by atoms with E-state index < -0.39 is 0 Å². The van der Waals surface area contributed by atoms with Gasteiger partial charge in [-0.2, -0.15) is 0 Å². The summed E-state index contributed by atoms with van der Waals surface area (Å²) in [7, 11) is 0. The van der Waals surface area contributed by atoms with Crippen LogP contribution in [0.15, 0.2) is 0 Å². The van der Waals surface area contributed by atoms with Gasteiger partial charge in [-0.1, -0.05) is 26.7 Å². The second-order valence-electron chi connectivity index (χ2n) is 5.14. The second kappa shape index (κ2) is 5.74. The van der Waals surface area contributed by atoms with Gasteiger partial charge in [0.25, 0.3) is 0 Å². The second-order valence-corrected chi connectivity index (χ2v) is 5.52. The number of nitrogens with one attached hydrogen (secondary N) is 1. The molecule has 0 radical (unpaired) electrons. The van der Waals surface area contributed by atoms with Gasteiger partial charge in [0.15, 0.2) is 0 Å². The molecule has 0 aliphatic heterocycles. The molecule has 1 fully saturated rings. The van der Waals surface area contributed by atoms with E-state index in [1.807, 2.05) is 0 Å². The number of carbonyl (C=O) groups excluding carboxylic acids is 1. The Kier molecular flexibility index (Phi) is 4.91. The van der Waals surface area contributed by atoms with Crippen LogP contribution in [0, 0.1) is 11.3 Å². The van der Waals surface area contributed by atoms with E-state index in [9.17, 15) is 4.79 Å². The largest absolute Gasteiger partial charge is 0.356 e. The van der Waals surface area contributed by atoms with E-state index in [1.165, 1.54) is 12.8 Å². The van der Waals surface area contributed by atoms with Crippen LogP contribution in [0.5, 0.6) is 0 Å². The molecule has 1 unspecified atom stereocenters. The summed E-state index contributed by atoms with van der Waals surface area (Å²) in [4.78, 5) is 11.6. The smallest absolute Gasteiger partial charge is 0.223 e. The molecule has 1 N–H and O–H groups in total. The Hall–Kier alpha value is -0.240. The Labute approximate surface area is 97.8 Å². The fraction of sp³-hybridized carbons (Fsp3) is 0.917. The predicted octanol–water partition coefficient (Wildman–Crippen LogP) is 2.95. The Morgan fingerprint density at radius 1 is 1.33 bits per heavy atom. The maximum absolute atomic E-state index is 11.6. The minimum absolute atomic E-state index is 0.248. The molecule has 0 saturated heterocycles. The minimum Gasteiger partial charge on any atom is -0.356 e. The van der Waals surface area contributed by atoms with Gasteiger partial charge in [0.2, 0.25) is 5.91 Å². The summed E-state index contributed by atoms with van der Waals surface area (Å²) in [6, 6.07) is 0. The average Bonchev–Trinajstić information content (AvgIpc) is 2.81. The van der Waals surface area contributed by atoms with Crippen LogP contribution in [0.2, 0.25) is 0 Å². The molecule has 0 aromatic rings. The van der Waals surface area contributed by atoms with Gasteiger partial charge in [-0.25, -0.2) is 0 Å². The van der Waals surface area contributed by atoms with Crippen molar-refractivity contribution in [2.45, 2.75) is 46.0 Å². The first kappa shape index (κ1) is 12.8. The fourth-order valence-electron chi connectivity index (χ4n) is 1.82. The molecule has 15 heavy (non-hydrogen) atoms. The van der Waals surface area contributed by atoms with Gasteiger partial charge in [0.05, 0.1) is 0 Å². The molecule has 1 saturated carbocycles. The van der Waals surface area contributed by atoms with Crippen LogP contribution < -0.4 is 5.32 Å². The van der Waals surface area contributed by atoms with Crippen molar-refractivity contribution in [2.24, 2.45) is 11.3 Å². The maximum atomic E-state index is 11.6. The van der Waals surface area contributed by atoms with Gasteiger partial charge in [-0.3, -0.25) is 4.79 Å². The van der Waals surface area contributed by atoms with Crippen molar-refractivity contribution < 1.29 is 4.79 Å². The number of carbonyl (C=O) groups is 1. The number of hydrogen-bond acceptors (Lipinski definition) is 1. The molecule has 88 valence electrons. The number of unbranched alkanes of at least 4 members (excludes halogenated alkanes) is 3. The summed E-state index contributed by atoms with van der Waals surface area (Å²) in [5, 5.41) is 3.01. The summed E-state index contributed by atoms with van der Waals surface area (Å²) in [6.07, 6.45) is 5.56. The Morgan fingerprint density at radius 2 is 1.93 bits per heavy atom. The lowest BCUT2D eigenvalue weighted by Crippen LogP contribution is -2.27. The zero-order chi connectivity index (χ0) is 11.3. The van der Waals surface area contributed by atoms with Crippen LogP contribution >= 0.6 is 11.6 Å². The number of hydrogen-bond donors (Lipinski definition) is 1. The normalized spacial score (nSPS) is 22.5. The molecular weight excluding hydrogens is 210 g/mol. The quantitative estimate of drug-likeness (QED) is 0.530. The van der Waals surface area contributed by atoms with Crippen LogP contribution in [0.1, 0.15) is 46.0 Å². The lowest BCUT2D eigenvalue weighted by molar-refractivity contribution is -0.122. The highest BCUT2D eigenvalue weighted by Gasteiger charge is 2.50. The van der Waals surface area contributed by atoms with E-state index in [0.717, 1.165) is 31.7 Å². The van der Waals surface area contributed by atoms with Crippen molar-refractivity contribution in [3.63, 3.8) is 0 Å². The maximum Gasteiger partial charge on any atom is 0.223 e. The van der Waals surface area contributed by atoms with E-state index in [-0.39, 0.29) is 17.2 Å². The molecule has 1 rings (SSSR count). The predicted molar refractivity (Wildman–Crippen MR) is 64.1 cm³/mol. The summed E-state index contributed by atoms with van der Waals surface area (Å²) < 4.78 is 0. The highest BCUT2D eigenvalue weighted by molar-refractivity contribution is 6.17. The molecular formula is C12H22ClNO. The van der Waals surface area contributed by atoms with E-state index in [0.29, 0.717) is 0 Å². The minimum atomic E-state index is 0.248. The fourth-order valence-corrected chi connectivity index (χ4v) is 2.01. The SMILES string of the molecule is CC1(C)CC1C(=O)NCCCCCCCl. The highest BCUT2D eigenvalue weighted by atomic mass is 35.5. The zero-order valence-electron chi connectivity index (χ0n) is 9.81. The van der Waals surface area contributed by atoms with Gasteiger partial charge in [-0.15, -0.1) is 11.6 Å². The molecule has 3 heteroatoms. The first-order chi connectivity index (χ1) is 7.08. The van der Waals surface area contributed by atoms with Gasteiger partial charge >= 0.3 is 0 Å². The topological polar surface area (TPSA) is 29.1 Å². The van der Waals surface area contributed by atoms with E-state index in [1.54, 1.807) is 0 Å². The van der Waals surface area contributed by atoms with Crippen molar-refractivity contribution in [3.05, 3.63) is 0 Å². The van der Waals surface area contributed by atoms with Crippen LogP contribution in [-0.2, 0) is 4.79 Å². The van der Waals surface area contributed by atoms with Crippen LogP contribution in [0.4, 0.5) is 0 Å². The summed E-state index contributed by atoms with van der Waals surface area (Å²) in [6.45, 7) is 5.13. The Balaban J connectivity index is 1.94. The van der Waals surface area contributed by atoms with E-state index >= 15 is 0 Å². The lowest BCUT2D eigenvalue weighted by Gasteiger charge is -2.06. The monoisotopic (exact) mass is 231 g/mol. The number of alkyl halides is 1. The zero-order valence-corrected chi connectivity index (χ0v) is 10.6. The summed E-state index contributed by atoms with van der Waals surface area (Å²) in [5.41, 5.74) is 0.253. The molecule has 0 bridgehead atoms. The third-order valence-electron chi connectivity index (χ3n) is 3.19. The molecule has 0 aromatic heterocycles. The first-order valence-corrected chi connectivity index (χ1v) is 6.45. The molecule has 1 aliphatic carbocycles. The number of amides is 1. The molecule has 1 aliphatic rings. The van der Waals surface area contributed by atoms with Crippen molar-refractivity contribution in [1.29, 1.82) is 0 Å². The van der Waals surface area contributed by atoms with Gasteiger partial charge in [0.1, 0.15) is 0 Å². The Morgan fingerprint density at radius 3 is 2.47 bits per heavy atom. The number of rotatable bonds is 7. The highest BCUT2D eigenvalue weighted by Crippen LogP contribution is 2.51. The Bertz CT molecular complexity index is 216. The number of halogens is 1. The van der Waals surface area contributed by atoms with Crippen LogP contribution in [0.3, 0.4) is 0 Å². The third-order valence-corrected chi connectivity index (χ3v) is 3.46. The van der Waals surface area contributed by atoms with Crippen molar-refractivity contribution in [2.75, 3.05) is 12.4 Å². The average molecular weight is 232 g/mol. The van der Waals surface area contributed by atoms with Gasteiger partial charge in [-0.05, 0) is 24.7 Å². The van der Waals surface area contributed by atoms with Crippen molar-refractivity contribution in [1.82, 2.24) is 5.32 Å². The van der Waals surface area contributed by atoms with Crippen molar-refractivity contribution in [3.8, 4) is 0 Å². The first-order valence-electron chi connectivity index (χ1n) is 5.91. The molecule has 0 spiro atoms. The van der Waals surface area contributed by atoms with E-state index in [2.05, 4.69) is 19.2 Å². The molecule has 1 atom stereocenters. The van der Waals surface area contributed by atoms with Gasteiger partial charge < -0.3 is 5.32 Å². The standard InChI is InChI=1S/C12H22ClNO/c1-12(2)9-10(12)11(15)14-8-6-4-3-5-7-13/h10H,3-9H2,1-2H3,(H,14,15). The molecule has 1 amide bonds. The third kappa shape index (κ3) is 4.42. The van der Waals surface area contributed by atoms with Crippen LogP contribution in [0.25, 0.3) is 0 Å². The molecule has 0 heterocycles. The summed E-state index contributed by atoms with van der Waals surface area (Å²) >= 11 is 5.58. The van der Waals surface area contributed by atoms with Gasteiger partial charge in [0, 0.05) is 18.3 Å².